The third kappa shape index (κ3) is 4.16. The van der Waals surface area contributed by atoms with Crippen LogP contribution in [-0.4, -0.2) is 0 Å². The van der Waals surface area contributed by atoms with Gasteiger partial charge < -0.3 is 48.0 Å². The van der Waals surface area contributed by atoms with Gasteiger partial charge in [0, 0.05) is 0 Å². The van der Waals surface area contributed by atoms with Crippen molar-refractivity contribution in [2.45, 2.75) is 20.8 Å². The molecule has 0 nitrogen and oxygen atoms in total. The minimum atomic E-state index is 0. The summed E-state index contributed by atoms with van der Waals surface area (Å²) in [6.45, 7) is 6.47. The topological polar surface area (TPSA) is 0 Å². The van der Waals surface area contributed by atoms with Crippen molar-refractivity contribution in [2.24, 2.45) is 0 Å². The average molecular weight is 502 g/mol. The van der Waals surface area contributed by atoms with Crippen molar-refractivity contribution in [1.29, 1.82) is 0 Å². The number of benzene rings is 1. The minimum Gasteiger partial charge on any atom is -1.00 e. The first-order chi connectivity index (χ1) is 5.66. The van der Waals surface area contributed by atoms with Crippen molar-refractivity contribution in [1.82, 2.24) is 0 Å². The fraction of sp³-hybridized carbons (Fsp3) is 0.250. The summed E-state index contributed by atoms with van der Waals surface area (Å²) in [6, 6.07) is 8.98. The summed E-state index contributed by atoms with van der Waals surface area (Å²) < 4.78 is 0. The summed E-state index contributed by atoms with van der Waals surface area (Å²) in [7, 11) is 0. The first-order valence-corrected chi connectivity index (χ1v) is 4.31. The molecule has 0 heterocycles. The van der Waals surface area contributed by atoms with Gasteiger partial charge in [-0.2, -0.15) is 6.07 Å². The predicted octanol–water partition coefficient (Wildman–Crippen LogP) is -2.51. The van der Waals surface area contributed by atoms with Gasteiger partial charge in [0.1, 0.15) is 0 Å². The van der Waals surface area contributed by atoms with Crippen molar-refractivity contribution in [3.8, 4) is 0 Å². The van der Waals surface area contributed by atoms with Crippen molar-refractivity contribution in [3.05, 3.63) is 41.0 Å². The molecule has 0 aromatic heterocycles. The van der Waals surface area contributed by atoms with Gasteiger partial charge in [-0.25, -0.2) is 0 Å². The molecule has 79 valence electrons. The van der Waals surface area contributed by atoms with E-state index in [4.69, 9.17) is 0 Å². The largest absolute Gasteiger partial charge is 3.00 e. The van der Waals surface area contributed by atoms with Gasteiger partial charge in [-0.3, -0.25) is 0 Å². The third-order valence-electron chi connectivity index (χ3n) is 2.32. The molecule has 0 N–H and O–H groups in total. The average Bonchev–Trinajstić information content (AvgIpc) is 2.29. The zero-order chi connectivity index (χ0) is 8.72. The first-order valence-electron chi connectivity index (χ1n) is 4.31. The maximum Gasteiger partial charge on any atom is 3.00 e. The van der Waals surface area contributed by atoms with Crippen LogP contribution in [0, 0.1) is 20.8 Å². The number of halogens is 2. The summed E-state index contributed by atoms with van der Waals surface area (Å²) in [5.74, 6) is 0. The quantitative estimate of drug-likeness (QED) is 0.276. The molecule has 15 heavy (non-hydrogen) atoms. The molecule has 0 bridgehead atoms. The van der Waals surface area contributed by atoms with Crippen molar-refractivity contribution < 1.29 is 74.2 Å². The molecule has 0 amide bonds. The molecule has 0 atom stereocenters. The molecule has 3 heteroatoms. The Bertz CT molecular complexity index is 432. The number of hydrogen-bond donors (Lipinski definition) is 0. The zero-order valence-electron chi connectivity index (χ0n) is 9.07. The van der Waals surface area contributed by atoms with E-state index < -0.39 is 0 Å². The Morgan fingerprint density at radius 1 is 0.933 bits per heavy atom. The summed E-state index contributed by atoms with van der Waals surface area (Å²) in [5, 5.41) is 2.78. The molecule has 2 aromatic carbocycles. The van der Waals surface area contributed by atoms with Gasteiger partial charge in [0.2, 0.25) is 0 Å². The second-order valence-corrected chi connectivity index (χ2v) is 3.62. The maximum absolute atomic E-state index is 2.25. The molecule has 0 saturated heterocycles. The van der Waals surface area contributed by atoms with E-state index in [2.05, 4.69) is 45.0 Å². The van der Waals surface area contributed by atoms with Crippen LogP contribution in [-0.2, 0) is 26.2 Å². The van der Waals surface area contributed by atoms with E-state index >= 15 is 0 Å². The van der Waals surface area contributed by atoms with E-state index in [9.17, 15) is 0 Å². The van der Waals surface area contributed by atoms with Gasteiger partial charge in [0.05, 0.1) is 0 Å². The number of fused-ring (bicyclic) bond motifs is 1. The van der Waals surface area contributed by atoms with Crippen LogP contribution >= 0.6 is 0 Å². The molecule has 2 rings (SSSR count). The van der Waals surface area contributed by atoms with Gasteiger partial charge in [0.15, 0.2) is 0 Å². The van der Waals surface area contributed by atoms with Crippen molar-refractivity contribution in [2.75, 3.05) is 0 Å². The molecule has 2 aromatic rings. The normalized spacial score (nSPS) is 8.73. The van der Waals surface area contributed by atoms with E-state index in [-0.39, 0.29) is 74.2 Å². The second kappa shape index (κ2) is 7.49. The minimum absolute atomic E-state index is 0. The molecular weight excluding hydrogens is 489 g/mol. The summed E-state index contributed by atoms with van der Waals surface area (Å²) in [4.78, 5) is 0. The van der Waals surface area contributed by atoms with Crippen LogP contribution in [0.15, 0.2) is 24.3 Å². The maximum atomic E-state index is 2.25. The summed E-state index contributed by atoms with van der Waals surface area (Å²) in [6.07, 6.45) is 0. The van der Waals surface area contributed by atoms with Gasteiger partial charge in [-0.15, -0.1) is 28.5 Å². The summed E-state index contributed by atoms with van der Waals surface area (Å²) >= 11 is 0. The van der Waals surface area contributed by atoms with Crippen LogP contribution in [0.1, 0.15) is 16.7 Å². The van der Waals surface area contributed by atoms with Crippen LogP contribution in [0.4, 0.5) is 0 Å². The number of aryl methyl sites for hydroxylation is 3. The van der Waals surface area contributed by atoms with E-state index in [1.165, 1.54) is 27.5 Å². The number of hydrogen-bond acceptors (Lipinski definition) is 0. The Kier molecular flexibility index (Phi) is 9.26. The van der Waals surface area contributed by atoms with Gasteiger partial charge in [0.25, 0.3) is 0 Å². The van der Waals surface area contributed by atoms with Crippen LogP contribution in [0.5, 0.6) is 0 Å². The molecule has 0 fully saturated rings. The Hall–Kier alpha value is 1.17. The summed E-state index contributed by atoms with van der Waals surface area (Å²) in [5.41, 5.74) is 4.10. The molecule has 0 spiro atoms. The second-order valence-electron chi connectivity index (χ2n) is 3.62. The molecule has 1 radical (unpaired) electrons. The number of rotatable bonds is 0. The molecule has 0 saturated carbocycles. The Morgan fingerprint density at radius 3 is 2.13 bits per heavy atom. The fourth-order valence-electron chi connectivity index (χ4n) is 1.84. The standard InChI is InChI=1S/C12H13.2HI.Zr/c1-8-4-10(3)12-7-9(2)6-11(12)5-8;;;/h4-7H,1-3H3;2*1H;/q-1;;;+3/p-2. The molecule has 0 unspecified atom stereocenters. The van der Waals surface area contributed by atoms with Gasteiger partial charge >= 0.3 is 26.2 Å². The SMILES string of the molecule is Cc1cc(C)c2cc(C)[cH-]c2c1.[I-].[I-].[Zr+3]. The fourth-order valence-corrected chi connectivity index (χ4v) is 1.84. The van der Waals surface area contributed by atoms with Crippen LogP contribution in [0.25, 0.3) is 10.8 Å². The third-order valence-corrected chi connectivity index (χ3v) is 2.32. The zero-order valence-corrected chi connectivity index (χ0v) is 15.8. The molecule has 0 aliphatic rings. The van der Waals surface area contributed by atoms with E-state index in [1.54, 1.807) is 0 Å². The van der Waals surface area contributed by atoms with Crippen LogP contribution in [0.2, 0.25) is 0 Å². The van der Waals surface area contributed by atoms with Crippen molar-refractivity contribution in [3.63, 3.8) is 0 Å². The van der Waals surface area contributed by atoms with Crippen molar-refractivity contribution >= 4 is 10.8 Å². The molecule has 0 aliphatic carbocycles. The molecule has 0 aliphatic heterocycles. The van der Waals surface area contributed by atoms with E-state index in [0.717, 1.165) is 0 Å². The van der Waals surface area contributed by atoms with E-state index in [1.807, 2.05) is 0 Å². The first kappa shape index (κ1) is 18.5. The van der Waals surface area contributed by atoms with Crippen LogP contribution in [0.3, 0.4) is 0 Å². The van der Waals surface area contributed by atoms with E-state index in [0.29, 0.717) is 0 Å². The molecular formula is C12H13I2Zr. The smallest absolute Gasteiger partial charge is 1.00 e. The Labute approximate surface area is 145 Å². The Balaban J connectivity index is 0. The predicted molar refractivity (Wildman–Crippen MR) is 53.8 cm³/mol. The Morgan fingerprint density at radius 2 is 1.53 bits per heavy atom. The van der Waals surface area contributed by atoms with Gasteiger partial charge in [-0.05, 0) is 13.8 Å². The van der Waals surface area contributed by atoms with Crippen LogP contribution < -0.4 is 48.0 Å². The monoisotopic (exact) mass is 501 g/mol. The van der Waals surface area contributed by atoms with Gasteiger partial charge in [-0.1, -0.05) is 24.1 Å².